The van der Waals surface area contributed by atoms with Gasteiger partial charge in [0.25, 0.3) is 0 Å². The minimum Gasteiger partial charge on any atom is -0.379 e. The summed E-state index contributed by atoms with van der Waals surface area (Å²) in [5.41, 5.74) is 5.40. The van der Waals surface area contributed by atoms with Crippen molar-refractivity contribution < 1.29 is 18.8 Å². The van der Waals surface area contributed by atoms with E-state index in [4.69, 9.17) is 15.2 Å². The Kier molecular flexibility index (Phi) is 12.6. The van der Waals surface area contributed by atoms with Crippen LogP contribution in [-0.2, 0) is 14.3 Å². The number of methoxy groups -OCH3 is 1. The van der Waals surface area contributed by atoms with E-state index in [1.165, 1.54) is 0 Å². The van der Waals surface area contributed by atoms with Crippen molar-refractivity contribution in [2.45, 2.75) is 25.7 Å². The number of amides is 1. The molecular formula is C15H34N3O3+. The monoisotopic (exact) mass is 304 g/mol. The standard InChI is InChI=1S/C15H33N3O3/c1-18(2,10-13-20-3)11-14-21-12-9-17-15(19)7-5-4-6-8-16/h4-14,16H2,1-3H3/p+1. The van der Waals surface area contributed by atoms with Crippen LogP contribution in [0.15, 0.2) is 0 Å². The van der Waals surface area contributed by atoms with E-state index in [2.05, 4.69) is 19.4 Å². The van der Waals surface area contributed by atoms with Gasteiger partial charge in [0.15, 0.2) is 0 Å². The first-order valence-corrected chi connectivity index (χ1v) is 7.87. The van der Waals surface area contributed by atoms with Crippen LogP contribution >= 0.6 is 0 Å². The first-order chi connectivity index (χ1) is 10.0. The Morgan fingerprint density at radius 1 is 1.10 bits per heavy atom. The van der Waals surface area contributed by atoms with E-state index in [0.29, 0.717) is 32.7 Å². The fraction of sp³-hybridized carbons (Fsp3) is 0.933. The molecule has 21 heavy (non-hydrogen) atoms. The Labute approximate surface area is 129 Å². The summed E-state index contributed by atoms with van der Waals surface area (Å²) in [5.74, 6) is 0.104. The third-order valence-corrected chi connectivity index (χ3v) is 3.42. The minimum atomic E-state index is 0.104. The number of hydrogen-bond acceptors (Lipinski definition) is 4. The highest BCUT2D eigenvalue weighted by atomic mass is 16.5. The highest BCUT2D eigenvalue weighted by Crippen LogP contribution is 1.98. The van der Waals surface area contributed by atoms with Gasteiger partial charge < -0.3 is 25.0 Å². The van der Waals surface area contributed by atoms with Crippen molar-refractivity contribution in [1.82, 2.24) is 5.32 Å². The van der Waals surface area contributed by atoms with Gasteiger partial charge in [-0.25, -0.2) is 0 Å². The molecule has 3 N–H and O–H groups in total. The second kappa shape index (κ2) is 13.0. The van der Waals surface area contributed by atoms with Gasteiger partial charge in [0.05, 0.1) is 33.9 Å². The van der Waals surface area contributed by atoms with Crippen LogP contribution < -0.4 is 11.1 Å². The molecule has 0 saturated heterocycles. The molecule has 0 aliphatic heterocycles. The molecule has 6 nitrogen and oxygen atoms in total. The van der Waals surface area contributed by atoms with E-state index < -0.39 is 0 Å². The van der Waals surface area contributed by atoms with Crippen molar-refractivity contribution in [3.8, 4) is 0 Å². The molecule has 0 radical (unpaired) electrons. The molecule has 0 saturated carbocycles. The van der Waals surface area contributed by atoms with Crippen molar-refractivity contribution >= 4 is 5.91 Å². The molecule has 0 aromatic carbocycles. The number of nitrogens with one attached hydrogen (secondary N) is 1. The fourth-order valence-electron chi connectivity index (χ4n) is 1.82. The molecule has 0 aliphatic rings. The molecular weight excluding hydrogens is 270 g/mol. The molecule has 0 aliphatic carbocycles. The van der Waals surface area contributed by atoms with Gasteiger partial charge in [-0.3, -0.25) is 4.79 Å². The van der Waals surface area contributed by atoms with Gasteiger partial charge in [0.2, 0.25) is 5.91 Å². The Morgan fingerprint density at radius 3 is 2.48 bits per heavy atom. The van der Waals surface area contributed by atoms with Crippen LogP contribution in [0.3, 0.4) is 0 Å². The zero-order valence-electron chi connectivity index (χ0n) is 14.0. The normalized spacial score (nSPS) is 11.6. The van der Waals surface area contributed by atoms with Crippen molar-refractivity contribution in [3.05, 3.63) is 0 Å². The van der Waals surface area contributed by atoms with Gasteiger partial charge in [-0.2, -0.15) is 0 Å². The minimum absolute atomic E-state index is 0.104. The third-order valence-electron chi connectivity index (χ3n) is 3.42. The van der Waals surface area contributed by atoms with Gasteiger partial charge >= 0.3 is 0 Å². The highest BCUT2D eigenvalue weighted by molar-refractivity contribution is 5.75. The lowest BCUT2D eigenvalue weighted by atomic mass is 10.2. The van der Waals surface area contributed by atoms with Gasteiger partial charge in [-0.1, -0.05) is 6.42 Å². The number of rotatable bonds is 14. The first-order valence-electron chi connectivity index (χ1n) is 7.87. The zero-order valence-corrected chi connectivity index (χ0v) is 14.0. The number of ether oxygens (including phenoxy) is 2. The molecule has 0 unspecified atom stereocenters. The zero-order chi connectivity index (χ0) is 16.0. The van der Waals surface area contributed by atoms with E-state index in [1.807, 2.05) is 0 Å². The van der Waals surface area contributed by atoms with Crippen LogP contribution in [0.5, 0.6) is 0 Å². The summed E-state index contributed by atoms with van der Waals surface area (Å²) in [5, 5.41) is 2.87. The number of hydrogen-bond donors (Lipinski definition) is 2. The number of likely N-dealkylation sites (N-methyl/N-ethyl adjacent to an activating group) is 1. The number of unbranched alkanes of at least 4 members (excludes halogenated alkanes) is 2. The van der Waals surface area contributed by atoms with Crippen molar-refractivity contribution in [1.29, 1.82) is 0 Å². The van der Waals surface area contributed by atoms with Gasteiger partial charge in [0, 0.05) is 20.1 Å². The van der Waals surface area contributed by atoms with Gasteiger partial charge in [0.1, 0.15) is 13.1 Å². The summed E-state index contributed by atoms with van der Waals surface area (Å²) < 4.78 is 11.5. The molecule has 0 rings (SSSR count). The predicted molar refractivity (Wildman–Crippen MR) is 85.1 cm³/mol. The molecule has 0 aromatic rings. The van der Waals surface area contributed by atoms with E-state index in [9.17, 15) is 4.79 Å². The average molecular weight is 304 g/mol. The summed E-state index contributed by atoms with van der Waals surface area (Å²) in [6.45, 7) is 5.22. The first kappa shape index (κ1) is 20.3. The van der Waals surface area contributed by atoms with Gasteiger partial charge in [-0.15, -0.1) is 0 Å². The lowest BCUT2D eigenvalue weighted by Gasteiger charge is -2.29. The Morgan fingerprint density at radius 2 is 1.81 bits per heavy atom. The lowest BCUT2D eigenvalue weighted by Crippen LogP contribution is -2.44. The van der Waals surface area contributed by atoms with E-state index >= 15 is 0 Å². The summed E-state index contributed by atoms with van der Waals surface area (Å²) in [4.78, 5) is 11.5. The molecule has 1 amide bonds. The van der Waals surface area contributed by atoms with E-state index in [0.717, 1.165) is 43.4 Å². The maximum absolute atomic E-state index is 11.5. The fourth-order valence-corrected chi connectivity index (χ4v) is 1.82. The SMILES string of the molecule is COCC[N+](C)(C)CCOCCNC(=O)CCCCCN. The van der Waals surface area contributed by atoms with Crippen LogP contribution in [0.2, 0.25) is 0 Å². The lowest BCUT2D eigenvalue weighted by molar-refractivity contribution is -0.891. The predicted octanol–water partition coefficient (Wildman–Crippen LogP) is 0.361. The molecule has 126 valence electrons. The van der Waals surface area contributed by atoms with Crippen LogP contribution in [-0.4, -0.2) is 77.6 Å². The Balaban J connectivity index is 3.40. The molecule has 0 spiro atoms. The average Bonchev–Trinajstić information content (AvgIpc) is 2.45. The number of carbonyl (C=O) groups is 1. The molecule has 0 fully saturated rings. The van der Waals surface area contributed by atoms with E-state index in [-0.39, 0.29) is 5.91 Å². The van der Waals surface area contributed by atoms with Crippen molar-refractivity contribution in [2.24, 2.45) is 5.73 Å². The van der Waals surface area contributed by atoms with Crippen LogP contribution in [0, 0.1) is 0 Å². The Hall–Kier alpha value is -0.690. The maximum Gasteiger partial charge on any atom is 0.220 e. The molecule has 0 heterocycles. The summed E-state index contributed by atoms with van der Waals surface area (Å²) in [6.07, 6.45) is 3.51. The molecule has 0 atom stereocenters. The van der Waals surface area contributed by atoms with Crippen molar-refractivity contribution in [2.75, 3.05) is 67.2 Å². The summed E-state index contributed by atoms with van der Waals surface area (Å²) in [6, 6.07) is 0. The smallest absolute Gasteiger partial charge is 0.220 e. The molecule has 6 heteroatoms. The Bertz CT molecular complexity index is 261. The van der Waals surface area contributed by atoms with Crippen LogP contribution in [0.4, 0.5) is 0 Å². The van der Waals surface area contributed by atoms with Gasteiger partial charge in [-0.05, 0) is 19.4 Å². The number of quaternary nitrogens is 1. The number of nitrogens with zero attached hydrogens (tertiary/aromatic N) is 1. The van der Waals surface area contributed by atoms with Crippen LogP contribution in [0.1, 0.15) is 25.7 Å². The highest BCUT2D eigenvalue weighted by Gasteiger charge is 2.13. The second-order valence-electron chi connectivity index (χ2n) is 5.94. The van der Waals surface area contributed by atoms with E-state index in [1.54, 1.807) is 7.11 Å². The number of carbonyl (C=O) groups excluding carboxylic acids is 1. The summed E-state index contributed by atoms with van der Waals surface area (Å²) in [7, 11) is 6.03. The number of nitrogens with two attached hydrogens (primary N) is 1. The topological polar surface area (TPSA) is 73.6 Å². The largest absolute Gasteiger partial charge is 0.379 e. The molecule has 0 aromatic heterocycles. The third kappa shape index (κ3) is 14.0. The maximum atomic E-state index is 11.5. The van der Waals surface area contributed by atoms with Crippen LogP contribution in [0.25, 0.3) is 0 Å². The quantitative estimate of drug-likeness (QED) is 0.359. The second-order valence-corrected chi connectivity index (χ2v) is 5.94. The van der Waals surface area contributed by atoms with Crippen molar-refractivity contribution in [3.63, 3.8) is 0 Å². The summed E-state index contributed by atoms with van der Waals surface area (Å²) >= 11 is 0. The molecule has 0 bridgehead atoms.